The number of aliphatic hydroxyl groups is 1. The van der Waals surface area contributed by atoms with E-state index in [2.05, 4.69) is 19.2 Å². The Balaban J connectivity index is 3.00. The van der Waals surface area contributed by atoms with E-state index in [1.165, 1.54) is 19.3 Å². The third-order valence-electron chi connectivity index (χ3n) is 1.60. The van der Waals surface area contributed by atoms with E-state index in [1.54, 1.807) is 0 Å². The van der Waals surface area contributed by atoms with Crippen molar-refractivity contribution in [3.8, 4) is 0 Å². The summed E-state index contributed by atoms with van der Waals surface area (Å²) in [5, 5.41) is 11.7. The molecule has 0 aromatic carbocycles. The van der Waals surface area contributed by atoms with Gasteiger partial charge in [0.1, 0.15) is 0 Å². The first-order valence-electron chi connectivity index (χ1n) is 4.15. The standard InChI is InChI=1S/C8H19NO/c1-3-4-5-8(2)9-6-7-10/h8-10H,3-7H2,1-2H3. The second kappa shape index (κ2) is 7.03. The zero-order valence-electron chi connectivity index (χ0n) is 7.06. The molecule has 2 heteroatoms. The number of hydrogen-bond donors (Lipinski definition) is 2. The maximum atomic E-state index is 8.48. The molecule has 1 atom stereocenters. The van der Waals surface area contributed by atoms with E-state index in [9.17, 15) is 0 Å². The maximum absolute atomic E-state index is 8.48. The van der Waals surface area contributed by atoms with Crippen LogP contribution in [0.2, 0.25) is 0 Å². The summed E-state index contributed by atoms with van der Waals surface area (Å²) < 4.78 is 0. The van der Waals surface area contributed by atoms with Gasteiger partial charge in [-0.25, -0.2) is 0 Å². The maximum Gasteiger partial charge on any atom is 0.0556 e. The Hall–Kier alpha value is -0.0800. The number of unbranched alkanes of at least 4 members (excludes halogenated alkanes) is 1. The molecule has 0 aliphatic rings. The van der Waals surface area contributed by atoms with Gasteiger partial charge in [-0.05, 0) is 13.3 Å². The molecule has 0 aromatic rings. The second-order valence-corrected chi connectivity index (χ2v) is 2.72. The third kappa shape index (κ3) is 6.05. The van der Waals surface area contributed by atoms with Crippen molar-refractivity contribution in [1.82, 2.24) is 5.32 Å². The van der Waals surface area contributed by atoms with Crippen LogP contribution in [0.25, 0.3) is 0 Å². The Morgan fingerprint density at radius 3 is 2.70 bits per heavy atom. The molecule has 0 saturated carbocycles. The molecule has 0 saturated heterocycles. The molecule has 62 valence electrons. The summed E-state index contributed by atoms with van der Waals surface area (Å²) in [5.74, 6) is 0. The Bertz CT molecular complexity index is 58.3. The topological polar surface area (TPSA) is 32.3 Å². The Morgan fingerprint density at radius 1 is 1.50 bits per heavy atom. The number of hydrogen-bond acceptors (Lipinski definition) is 2. The fourth-order valence-electron chi connectivity index (χ4n) is 0.923. The Morgan fingerprint density at radius 2 is 2.20 bits per heavy atom. The van der Waals surface area contributed by atoms with Gasteiger partial charge in [0.05, 0.1) is 6.61 Å². The summed E-state index contributed by atoms with van der Waals surface area (Å²) >= 11 is 0. The summed E-state index contributed by atoms with van der Waals surface area (Å²) in [5.41, 5.74) is 0. The van der Waals surface area contributed by atoms with Crippen molar-refractivity contribution in [2.75, 3.05) is 13.2 Å². The van der Waals surface area contributed by atoms with Crippen LogP contribution in [0.5, 0.6) is 0 Å². The van der Waals surface area contributed by atoms with E-state index in [0.717, 1.165) is 6.54 Å². The predicted molar refractivity (Wildman–Crippen MR) is 44.1 cm³/mol. The van der Waals surface area contributed by atoms with Crippen LogP contribution in [0, 0.1) is 0 Å². The van der Waals surface area contributed by atoms with E-state index in [-0.39, 0.29) is 6.61 Å². The van der Waals surface area contributed by atoms with Crippen molar-refractivity contribution in [2.24, 2.45) is 0 Å². The molecule has 0 fully saturated rings. The summed E-state index contributed by atoms with van der Waals surface area (Å²) in [4.78, 5) is 0. The second-order valence-electron chi connectivity index (χ2n) is 2.72. The highest BCUT2D eigenvalue weighted by molar-refractivity contribution is 4.58. The minimum absolute atomic E-state index is 0.246. The van der Waals surface area contributed by atoms with Crippen molar-refractivity contribution in [3.63, 3.8) is 0 Å². The van der Waals surface area contributed by atoms with Crippen molar-refractivity contribution in [1.29, 1.82) is 0 Å². The molecule has 2 N–H and O–H groups in total. The zero-order chi connectivity index (χ0) is 7.82. The van der Waals surface area contributed by atoms with Crippen LogP contribution < -0.4 is 5.32 Å². The van der Waals surface area contributed by atoms with Gasteiger partial charge in [-0.3, -0.25) is 0 Å². The van der Waals surface area contributed by atoms with Crippen LogP contribution in [0.1, 0.15) is 33.1 Å². The molecule has 0 aromatic heterocycles. The molecule has 0 aliphatic carbocycles. The van der Waals surface area contributed by atoms with Gasteiger partial charge in [0.15, 0.2) is 0 Å². The molecule has 0 radical (unpaired) electrons. The van der Waals surface area contributed by atoms with Gasteiger partial charge in [-0.1, -0.05) is 19.8 Å². The first-order chi connectivity index (χ1) is 4.81. The van der Waals surface area contributed by atoms with Gasteiger partial charge in [0, 0.05) is 12.6 Å². The SMILES string of the molecule is CCCCC(C)NCCO. The van der Waals surface area contributed by atoms with Crippen molar-refractivity contribution < 1.29 is 5.11 Å². The van der Waals surface area contributed by atoms with Crippen LogP contribution in [0.3, 0.4) is 0 Å². The first kappa shape index (κ1) is 9.92. The molecule has 0 spiro atoms. The van der Waals surface area contributed by atoms with Crippen LogP contribution >= 0.6 is 0 Å². The minimum atomic E-state index is 0.246. The van der Waals surface area contributed by atoms with E-state index < -0.39 is 0 Å². The van der Waals surface area contributed by atoms with Crippen LogP contribution in [-0.2, 0) is 0 Å². The van der Waals surface area contributed by atoms with Gasteiger partial charge in [0.2, 0.25) is 0 Å². The minimum Gasteiger partial charge on any atom is -0.395 e. The molecule has 10 heavy (non-hydrogen) atoms. The lowest BCUT2D eigenvalue weighted by Crippen LogP contribution is -2.28. The van der Waals surface area contributed by atoms with Gasteiger partial charge in [0.25, 0.3) is 0 Å². The smallest absolute Gasteiger partial charge is 0.0556 e. The third-order valence-corrected chi connectivity index (χ3v) is 1.60. The van der Waals surface area contributed by atoms with E-state index in [1.807, 2.05) is 0 Å². The monoisotopic (exact) mass is 145 g/mol. The van der Waals surface area contributed by atoms with E-state index in [0.29, 0.717) is 6.04 Å². The lowest BCUT2D eigenvalue weighted by molar-refractivity contribution is 0.283. The summed E-state index contributed by atoms with van der Waals surface area (Å²) in [6.45, 7) is 5.32. The Kier molecular flexibility index (Phi) is 6.98. The van der Waals surface area contributed by atoms with Crippen LogP contribution in [0.15, 0.2) is 0 Å². The van der Waals surface area contributed by atoms with Crippen LogP contribution in [0.4, 0.5) is 0 Å². The quantitative estimate of drug-likeness (QED) is 0.587. The zero-order valence-corrected chi connectivity index (χ0v) is 7.06. The van der Waals surface area contributed by atoms with E-state index in [4.69, 9.17) is 5.11 Å². The Labute approximate surface area is 63.6 Å². The highest BCUT2D eigenvalue weighted by Gasteiger charge is 1.97. The van der Waals surface area contributed by atoms with Crippen molar-refractivity contribution in [2.45, 2.75) is 39.2 Å². The van der Waals surface area contributed by atoms with Gasteiger partial charge in [-0.2, -0.15) is 0 Å². The van der Waals surface area contributed by atoms with Gasteiger partial charge in [-0.15, -0.1) is 0 Å². The summed E-state index contributed by atoms with van der Waals surface area (Å²) in [7, 11) is 0. The fourth-order valence-corrected chi connectivity index (χ4v) is 0.923. The average Bonchev–Trinajstić information content (AvgIpc) is 1.97. The van der Waals surface area contributed by atoms with Gasteiger partial charge < -0.3 is 10.4 Å². The number of rotatable bonds is 6. The lowest BCUT2D eigenvalue weighted by Gasteiger charge is -2.11. The largest absolute Gasteiger partial charge is 0.395 e. The van der Waals surface area contributed by atoms with Crippen molar-refractivity contribution in [3.05, 3.63) is 0 Å². The molecular weight excluding hydrogens is 126 g/mol. The molecule has 0 aliphatic heterocycles. The molecule has 0 rings (SSSR count). The molecule has 1 unspecified atom stereocenters. The van der Waals surface area contributed by atoms with E-state index >= 15 is 0 Å². The predicted octanol–water partition coefficient (Wildman–Crippen LogP) is 1.15. The summed E-state index contributed by atoms with van der Waals surface area (Å²) in [6.07, 6.45) is 3.75. The lowest BCUT2D eigenvalue weighted by atomic mass is 10.1. The molecule has 0 amide bonds. The number of aliphatic hydroxyl groups excluding tert-OH is 1. The normalized spacial score (nSPS) is 13.5. The molecule has 2 nitrogen and oxygen atoms in total. The van der Waals surface area contributed by atoms with Gasteiger partial charge >= 0.3 is 0 Å². The van der Waals surface area contributed by atoms with Crippen molar-refractivity contribution >= 4 is 0 Å². The fraction of sp³-hybridized carbons (Fsp3) is 1.00. The first-order valence-corrected chi connectivity index (χ1v) is 4.15. The molecule has 0 heterocycles. The summed E-state index contributed by atoms with van der Waals surface area (Å²) in [6, 6.07) is 0.562. The highest BCUT2D eigenvalue weighted by atomic mass is 16.3. The molecule has 0 bridgehead atoms. The van der Waals surface area contributed by atoms with Crippen LogP contribution in [-0.4, -0.2) is 24.3 Å². The average molecular weight is 145 g/mol. The molecular formula is C8H19NO. The number of nitrogens with one attached hydrogen (secondary N) is 1. The highest BCUT2D eigenvalue weighted by Crippen LogP contribution is 1.98.